The van der Waals surface area contributed by atoms with Crippen molar-refractivity contribution in [2.24, 2.45) is 0 Å². The Hall–Kier alpha value is -4.22. The Morgan fingerprint density at radius 1 is 0.917 bits per heavy atom. The number of hydrogen-bond acceptors (Lipinski definition) is 8. The summed E-state index contributed by atoms with van der Waals surface area (Å²) in [6.45, 7) is 5.63. The Bertz CT molecular complexity index is 1730. The molecule has 4 aromatic rings. The molecule has 4 N–H and O–H groups in total. The van der Waals surface area contributed by atoms with Crippen molar-refractivity contribution in [2.75, 3.05) is 45.1 Å². The number of β-amino-alcohol motifs (C(OH)–C–C–N with tert-alkyl or cyclic N) is 1. The van der Waals surface area contributed by atoms with E-state index in [2.05, 4.69) is 67.5 Å². The molecule has 0 spiro atoms. The lowest BCUT2D eigenvalue weighted by molar-refractivity contribution is 0.0272. The van der Waals surface area contributed by atoms with E-state index in [0.29, 0.717) is 23.8 Å². The number of anilines is 1. The van der Waals surface area contributed by atoms with E-state index in [1.54, 1.807) is 18.3 Å². The monoisotopic (exact) mass is 650 g/mol. The minimum Gasteiger partial charge on any atom is -0.395 e. The van der Waals surface area contributed by atoms with E-state index in [9.17, 15) is 14.3 Å². The first-order valence-electron chi connectivity index (χ1n) is 17.0. The van der Waals surface area contributed by atoms with Crippen molar-refractivity contribution >= 4 is 11.7 Å². The number of aryl methyl sites for hydroxylation is 1. The Morgan fingerprint density at radius 3 is 2.46 bits per heavy atom. The van der Waals surface area contributed by atoms with Crippen LogP contribution in [0.3, 0.4) is 0 Å². The van der Waals surface area contributed by atoms with E-state index in [1.807, 2.05) is 0 Å². The van der Waals surface area contributed by atoms with Gasteiger partial charge in [-0.25, -0.2) is 9.97 Å². The van der Waals surface area contributed by atoms with E-state index >= 15 is 0 Å². The molecule has 2 aromatic carbocycles. The van der Waals surface area contributed by atoms with E-state index in [-0.39, 0.29) is 36.0 Å². The predicted octanol–water partition coefficient (Wildman–Crippen LogP) is 5.00. The summed E-state index contributed by atoms with van der Waals surface area (Å²) in [6, 6.07) is 20.4. The molecule has 0 unspecified atom stereocenters. The molecule has 9 nitrogen and oxygen atoms in total. The average molecular weight is 651 g/mol. The summed E-state index contributed by atoms with van der Waals surface area (Å²) in [6.07, 6.45) is 7.79. The number of halogens is 1. The van der Waals surface area contributed by atoms with Gasteiger partial charge in [0, 0.05) is 62.3 Å². The van der Waals surface area contributed by atoms with Crippen molar-refractivity contribution in [1.29, 1.82) is 0 Å². The van der Waals surface area contributed by atoms with Crippen molar-refractivity contribution in [3.63, 3.8) is 0 Å². The molecule has 2 aromatic heterocycles. The number of piperazine rings is 1. The topological polar surface area (TPSA) is 117 Å². The zero-order chi connectivity index (χ0) is 33.0. The second kappa shape index (κ2) is 14.5. The van der Waals surface area contributed by atoms with Gasteiger partial charge in [0.05, 0.1) is 30.9 Å². The third-order valence-corrected chi connectivity index (χ3v) is 10.2. The fraction of sp³-hybridized carbons (Fsp3) is 0.395. The van der Waals surface area contributed by atoms with Crippen LogP contribution in [-0.2, 0) is 17.8 Å². The standard InChI is InChI=1S/C38H43FN6O3/c39-36-13-10-29(22-41-36)30-21-32(37(40)42-23-30)38(47)43-33-2-1-3-35(33)48-24-25-4-6-26(7-5-25)27-8-11-31-28(20-27)9-12-34(31)45-16-14-44(15-17-45)18-19-46/h4-8,10-11,13,20-23,33-35,46H,1-3,9,12,14-19,24H2,(H2,40,42)(H,43,47)/t33-,34-,35-/m0/s1. The van der Waals surface area contributed by atoms with Crippen LogP contribution in [0, 0.1) is 5.95 Å². The number of fused-ring (bicyclic) bond motifs is 1. The number of pyridine rings is 2. The summed E-state index contributed by atoms with van der Waals surface area (Å²) < 4.78 is 19.6. The lowest BCUT2D eigenvalue weighted by Gasteiger charge is -2.38. The van der Waals surface area contributed by atoms with E-state index < -0.39 is 5.95 Å². The van der Waals surface area contributed by atoms with Crippen molar-refractivity contribution in [3.8, 4) is 22.3 Å². The summed E-state index contributed by atoms with van der Waals surface area (Å²) in [5.74, 6) is -0.737. The van der Waals surface area contributed by atoms with Crippen molar-refractivity contribution in [1.82, 2.24) is 25.1 Å². The van der Waals surface area contributed by atoms with Crippen LogP contribution in [0.2, 0.25) is 0 Å². The third-order valence-electron chi connectivity index (χ3n) is 10.2. The van der Waals surface area contributed by atoms with Gasteiger partial charge in [0.15, 0.2) is 0 Å². The van der Waals surface area contributed by atoms with Crippen LogP contribution in [0.5, 0.6) is 0 Å². The fourth-order valence-corrected chi connectivity index (χ4v) is 7.49. The number of rotatable bonds is 10. The van der Waals surface area contributed by atoms with Gasteiger partial charge >= 0.3 is 0 Å². The number of ether oxygens (including phenoxy) is 1. The largest absolute Gasteiger partial charge is 0.395 e. The number of nitrogens with two attached hydrogens (primary N) is 1. The van der Waals surface area contributed by atoms with Crippen molar-refractivity contribution < 1.29 is 19.0 Å². The van der Waals surface area contributed by atoms with Crippen LogP contribution in [0.25, 0.3) is 22.3 Å². The number of aromatic nitrogens is 2. The van der Waals surface area contributed by atoms with Crippen LogP contribution in [-0.4, -0.2) is 82.3 Å². The first kappa shape index (κ1) is 32.3. The smallest absolute Gasteiger partial charge is 0.255 e. The van der Waals surface area contributed by atoms with Crippen molar-refractivity contribution in [2.45, 2.75) is 56.9 Å². The number of nitrogen functional groups attached to an aromatic ring is 1. The van der Waals surface area contributed by atoms with Gasteiger partial charge in [-0.15, -0.1) is 0 Å². The zero-order valence-electron chi connectivity index (χ0n) is 27.2. The van der Waals surface area contributed by atoms with Crippen LogP contribution < -0.4 is 11.1 Å². The number of carbonyl (C=O) groups excluding carboxylic acids is 1. The molecule has 1 aliphatic heterocycles. The molecule has 48 heavy (non-hydrogen) atoms. The number of amides is 1. The quantitative estimate of drug-likeness (QED) is 0.206. The van der Waals surface area contributed by atoms with Crippen LogP contribution in [0.15, 0.2) is 73.1 Å². The fourth-order valence-electron chi connectivity index (χ4n) is 7.49. The molecule has 1 saturated carbocycles. The Morgan fingerprint density at radius 2 is 1.69 bits per heavy atom. The van der Waals surface area contributed by atoms with Gasteiger partial charge in [-0.05, 0) is 78.1 Å². The van der Waals surface area contributed by atoms with E-state index in [0.717, 1.165) is 64.0 Å². The first-order chi connectivity index (χ1) is 23.4. The minimum atomic E-state index is -0.572. The summed E-state index contributed by atoms with van der Waals surface area (Å²) >= 11 is 0. The number of aliphatic hydroxyl groups is 1. The van der Waals surface area contributed by atoms with E-state index in [4.69, 9.17) is 10.5 Å². The summed E-state index contributed by atoms with van der Waals surface area (Å²) in [4.78, 5) is 26.1. The molecule has 1 saturated heterocycles. The molecule has 10 heteroatoms. The van der Waals surface area contributed by atoms with Gasteiger partial charge in [0.2, 0.25) is 5.95 Å². The lowest BCUT2D eigenvalue weighted by Crippen LogP contribution is -2.47. The maximum atomic E-state index is 13.3. The van der Waals surface area contributed by atoms with Gasteiger partial charge in [-0.3, -0.25) is 14.6 Å². The highest BCUT2D eigenvalue weighted by Crippen LogP contribution is 2.38. The SMILES string of the molecule is Nc1ncc(-c2ccc(F)nc2)cc1C(=O)N[C@H]1CCC[C@@H]1OCc1ccc(-c2ccc3c(c2)CC[C@@H]3N2CCN(CCO)CC2)cc1. The van der Waals surface area contributed by atoms with Gasteiger partial charge in [0.25, 0.3) is 5.91 Å². The summed E-state index contributed by atoms with van der Waals surface area (Å²) in [5, 5.41) is 12.4. The second-order valence-electron chi connectivity index (χ2n) is 13.2. The Kier molecular flexibility index (Phi) is 9.76. The van der Waals surface area contributed by atoms with Crippen LogP contribution in [0.4, 0.5) is 10.2 Å². The third kappa shape index (κ3) is 7.12. The Labute approximate surface area is 281 Å². The summed E-state index contributed by atoms with van der Waals surface area (Å²) in [5.41, 5.74) is 14.1. The molecule has 7 rings (SSSR count). The lowest BCUT2D eigenvalue weighted by atomic mass is 9.98. The normalized spacial score (nSPS) is 21.3. The molecule has 2 fully saturated rings. The molecular formula is C38H43FN6O3. The molecule has 250 valence electrons. The van der Waals surface area contributed by atoms with Crippen LogP contribution >= 0.6 is 0 Å². The van der Waals surface area contributed by atoms with Crippen molar-refractivity contribution in [3.05, 3.63) is 101 Å². The summed E-state index contributed by atoms with van der Waals surface area (Å²) in [7, 11) is 0. The maximum Gasteiger partial charge on any atom is 0.255 e. The molecule has 1 amide bonds. The van der Waals surface area contributed by atoms with E-state index in [1.165, 1.54) is 40.9 Å². The zero-order valence-corrected chi connectivity index (χ0v) is 27.2. The molecule has 0 radical (unpaired) electrons. The number of carbonyl (C=O) groups is 1. The number of hydrogen-bond donors (Lipinski definition) is 3. The number of benzene rings is 2. The average Bonchev–Trinajstić information content (AvgIpc) is 3.75. The van der Waals surface area contributed by atoms with Gasteiger partial charge < -0.3 is 20.9 Å². The highest BCUT2D eigenvalue weighted by atomic mass is 19.1. The van der Waals surface area contributed by atoms with Gasteiger partial charge in [-0.2, -0.15) is 4.39 Å². The molecular weight excluding hydrogens is 607 g/mol. The molecule has 2 aliphatic carbocycles. The number of nitrogens with zero attached hydrogens (tertiary/aromatic N) is 4. The predicted molar refractivity (Wildman–Crippen MR) is 184 cm³/mol. The minimum absolute atomic E-state index is 0.102. The molecule has 3 atom stereocenters. The Balaban J connectivity index is 0.940. The maximum absolute atomic E-state index is 13.3. The highest BCUT2D eigenvalue weighted by molar-refractivity contribution is 5.99. The number of aliphatic hydroxyl groups excluding tert-OH is 1. The van der Waals surface area contributed by atoms with Gasteiger partial charge in [-0.1, -0.05) is 42.5 Å². The first-order valence-corrected chi connectivity index (χ1v) is 17.0. The molecule has 3 heterocycles. The second-order valence-corrected chi connectivity index (χ2v) is 13.2. The van der Waals surface area contributed by atoms with Crippen LogP contribution in [0.1, 0.15) is 58.8 Å². The molecule has 3 aliphatic rings. The highest BCUT2D eigenvalue weighted by Gasteiger charge is 2.31. The number of nitrogens with one attached hydrogen (secondary N) is 1. The molecule has 0 bridgehead atoms. The van der Waals surface area contributed by atoms with Gasteiger partial charge in [0.1, 0.15) is 5.82 Å².